The van der Waals surface area contributed by atoms with Crippen molar-refractivity contribution in [2.45, 2.75) is 49.0 Å². The molecule has 0 radical (unpaired) electrons. The summed E-state index contributed by atoms with van der Waals surface area (Å²) in [4.78, 5) is 4.52. The van der Waals surface area contributed by atoms with E-state index in [4.69, 9.17) is 10.2 Å². The Balaban J connectivity index is 1.77. The normalized spacial score (nSPS) is 18.0. The van der Waals surface area contributed by atoms with Gasteiger partial charge in [-0.1, -0.05) is 37.4 Å². The first-order valence-electron chi connectivity index (χ1n) is 6.64. The Labute approximate surface area is 111 Å². The molecule has 1 aromatic carbocycles. The summed E-state index contributed by atoms with van der Waals surface area (Å²) in [6, 6.07) is 5.63. The van der Waals surface area contributed by atoms with Crippen LogP contribution in [0.15, 0.2) is 27.8 Å². The molecule has 0 atom stereocenters. The van der Waals surface area contributed by atoms with E-state index in [0.717, 1.165) is 22.0 Å². The third kappa shape index (κ3) is 2.64. The van der Waals surface area contributed by atoms with Crippen LogP contribution in [0.4, 0.5) is 5.69 Å². The van der Waals surface area contributed by atoms with Crippen LogP contribution in [0.1, 0.15) is 38.5 Å². The second kappa shape index (κ2) is 5.22. The molecule has 18 heavy (non-hydrogen) atoms. The minimum Gasteiger partial charge on any atom is -0.431 e. The maximum Gasteiger partial charge on any atom is 0.257 e. The standard InChI is InChI=1S/C14H18N2OS/c15-10-7-8-12-13(9-10)17-14(16-12)18-11-5-3-1-2-4-6-11/h7-9,11H,1-6,15H2. The maximum atomic E-state index is 5.76. The van der Waals surface area contributed by atoms with Crippen LogP contribution in [0.25, 0.3) is 11.1 Å². The molecule has 1 aliphatic rings. The number of hydrogen-bond donors (Lipinski definition) is 1. The fraction of sp³-hybridized carbons (Fsp3) is 0.500. The first-order chi connectivity index (χ1) is 8.81. The number of benzene rings is 1. The Bertz CT molecular complexity index is 530. The summed E-state index contributed by atoms with van der Waals surface area (Å²) in [7, 11) is 0. The number of anilines is 1. The van der Waals surface area contributed by atoms with Crippen LogP contribution in [0.2, 0.25) is 0 Å². The predicted octanol–water partition coefficient (Wildman–Crippen LogP) is 4.22. The molecule has 1 aromatic heterocycles. The number of hydrogen-bond acceptors (Lipinski definition) is 4. The molecule has 2 N–H and O–H groups in total. The largest absolute Gasteiger partial charge is 0.431 e. The van der Waals surface area contributed by atoms with Crippen LogP contribution in [-0.4, -0.2) is 10.2 Å². The topological polar surface area (TPSA) is 52.0 Å². The van der Waals surface area contributed by atoms with Gasteiger partial charge in [0.15, 0.2) is 5.58 Å². The molecule has 1 heterocycles. The molecule has 96 valence electrons. The van der Waals surface area contributed by atoms with E-state index in [2.05, 4.69) is 4.98 Å². The molecule has 1 aliphatic carbocycles. The smallest absolute Gasteiger partial charge is 0.257 e. The average molecular weight is 262 g/mol. The third-order valence-corrected chi connectivity index (χ3v) is 4.64. The van der Waals surface area contributed by atoms with Gasteiger partial charge in [0, 0.05) is 17.0 Å². The van der Waals surface area contributed by atoms with E-state index < -0.39 is 0 Å². The Kier molecular flexibility index (Phi) is 3.46. The summed E-state index contributed by atoms with van der Waals surface area (Å²) in [5.41, 5.74) is 8.17. The molecule has 0 unspecified atom stereocenters. The van der Waals surface area contributed by atoms with Crippen molar-refractivity contribution in [3.8, 4) is 0 Å². The van der Waals surface area contributed by atoms with Gasteiger partial charge >= 0.3 is 0 Å². The molecule has 1 saturated carbocycles. The predicted molar refractivity (Wildman–Crippen MR) is 75.8 cm³/mol. The van der Waals surface area contributed by atoms with E-state index in [9.17, 15) is 0 Å². The molecule has 2 aromatic rings. The van der Waals surface area contributed by atoms with E-state index in [1.54, 1.807) is 11.8 Å². The molecular formula is C14H18N2OS. The summed E-state index contributed by atoms with van der Waals surface area (Å²) >= 11 is 1.79. The number of nitrogens with two attached hydrogens (primary N) is 1. The first kappa shape index (κ1) is 11.9. The number of fused-ring (bicyclic) bond motifs is 1. The van der Waals surface area contributed by atoms with Crippen LogP contribution < -0.4 is 5.73 Å². The van der Waals surface area contributed by atoms with E-state index in [-0.39, 0.29) is 0 Å². The second-order valence-corrected chi connectivity index (χ2v) is 6.19. The highest BCUT2D eigenvalue weighted by atomic mass is 32.2. The summed E-state index contributed by atoms with van der Waals surface area (Å²) < 4.78 is 5.76. The van der Waals surface area contributed by atoms with Gasteiger partial charge in [-0.15, -0.1) is 0 Å². The van der Waals surface area contributed by atoms with Crippen molar-refractivity contribution in [1.82, 2.24) is 4.98 Å². The van der Waals surface area contributed by atoms with Crippen LogP contribution in [0.5, 0.6) is 0 Å². The van der Waals surface area contributed by atoms with Gasteiger partial charge in [-0.3, -0.25) is 0 Å². The molecule has 3 rings (SSSR count). The number of oxazole rings is 1. The van der Waals surface area contributed by atoms with Gasteiger partial charge in [0.1, 0.15) is 5.52 Å². The van der Waals surface area contributed by atoms with Crippen LogP contribution in [0.3, 0.4) is 0 Å². The van der Waals surface area contributed by atoms with Crippen molar-refractivity contribution in [1.29, 1.82) is 0 Å². The Morgan fingerprint density at radius 2 is 1.94 bits per heavy atom. The van der Waals surface area contributed by atoms with Gasteiger partial charge in [0.05, 0.1) is 0 Å². The van der Waals surface area contributed by atoms with Gasteiger partial charge in [-0.05, 0) is 25.0 Å². The molecule has 0 spiro atoms. The minimum absolute atomic E-state index is 0.665. The van der Waals surface area contributed by atoms with Gasteiger partial charge in [-0.25, -0.2) is 4.98 Å². The Morgan fingerprint density at radius 3 is 2.72 bits per heavy atom. The quantitative estimate of drug-likeness (QED) is 0.650. The third-order valence-electron chi connectivity index (χ3n) is 3.46. The van der Waals surface area contributed by atoms with Gasteiger partial charge in [0.2, 0.25) is 0 Å². The molecule has 0 saturated heterocycles. The number of rotatable bonds is 2. The van der Waals surface area contributed by atoms with Crippen LogP contribution in [-0.2, 0) is 0 Å². The van der Waals surface area contributed by atoms with Crippen molar-refractivity contribution in [3.05, 3.63) is 18.2 Å². The van der Waals surface area contributed by atoms with Gasteiger partial charge in [-0.2, -0.15) is 0 Å². The van der Waals surface area contributed by atoms with Gasteiger partial charge < -0.3 is 10.2 Å². The molecule has 4 heteroatoms. The van der Waals surface area contributed by atoms with E-state index in [1.807, 2.05) is 18.2 Å². The molecular weight excluding hydrogens is 244 g/mol. The van der Waals surface area contributed by atoms with Crippen LogP contribution in [0, 0.1) is 0 Å². The fourth-order valence-corrected chi connectivity index (χ4v) is 3.62. The first-order valence-corrected chi connectivity index (χ1v) is 7.52. The highest BCUT2D eigenvalue weighted by Gasteiger charge is 2.16. The van der Waals surface area contributed by atoms with Crippen molar-refractivity contribution in [2.75, 3.05) is 5.73 Å². The number of thioether (sulfide) groups is 1. The molecule has 0 amide bonds. The van der Waals surface area contributed by atoms with Crippen molar-refractivity contribution in [3.63, 3.8) is 0 Å². The van der Waals surface area contributed by atoms with Gasteiger partial charge in [0.25, 0.3) is 5.22 Å². The maximum absolute atomic E-state index is 5.76. The average Bonchev–Trinajstić information content (AvgIpc) is 2.57. The molecule has 0 bridgehead atoms. The van der Waals surface area contributed by atoms with E-state index >= 15 is 0 Å². The summed E-state index contributed by atoms with van der Waals surface area (Å²) in [5, 5.41) is 1.46. The highest BCUT2D eigenvalue weighted by Crippen LogP contribution is 2.34. The zero-order valence-electron chi connectivity index (χ0n) is 10.4. The number of nitrogens with zero attached hydrogens (tertiary/aromatic N) is 1. The zero-order chi connectivity index (χ0) is 12.4. The molecule has 3 nitrogen and oxygen atoms in total. The van der Waals surface area contributed by atoms with Crippen molar-refractivity contribution >= 4 is 28.5 Å². The summed E-state index contributed by atoms with van der Waals surface area (Å²) in [5.74, 6) is 0. The lowest BCUT2D eigenvalue weighted by Crippen LogP contribution is -1.99. The van der Waals surface area contributed by atoms with Crippen molar-refractivity contribution in [2.24, 2.45) is 0 Å². The number of aromatic nitrogens is 1. The summed E-state index contributed by atoms with van der Waals surface area (Å²) in [6.07, 6.45) is 8.00. The van der Waals surface area contributed by atoms with E-state index in [1.165, 1.54) is 38.5 Å². The lowest BCUT2D eigenvalue weighted by Gasteiger charge is -2.09. The molecule has 1 fully saturated rings. The van der Waals surface area contributed by atoms with Crippen molar-refractivity contribution < 1.29 is 4.42 Å². The monoisotopic (exact) mass is 262 g/mol. The van der Waals surface area contributed by atoms with E-state index in [0.29, 0.717) is 5.25 Å². The van der Waals surface area contributed by atoms with Crippen LogP contribution >= 0.6 is 11.8 Å². The minimum atomic E-state index is 0.665. The second-order valence-electron chi connectivity index (χ2n) is 4.94. The fourth-order valence-electron chi connectivity index (χ4n) is 2.47. The highest BCUT2D eigenvalue weighted by molar-refractivity contribution is 7.99. The lowest BCUT2D eigenvalue weighted by molar-refractivity contribution is 0.487. The lowest BCUT2D eigenvalue weighted by atomic mass is 10.2. The number of nitrogen functional groups attached to an aromatic ring is 1. The summed E-state index contributed by atoms with van der Waals surface area (Å²) in [6.45, 7) is 0. The zero-order valence-corrected chi connectivity index (χ0v) is 11.2. The SMILES string of the molecule is Nc1ccc2nc(SC3CCCCCC3)oc2c1. The molecule has 0 aliphatic heterocycles. The Hall–Kier alpha value is -1.16. The Morgan fingerprint density at radius 1 is 1.17 bits per heavy atom.